The minimum Gasteiger partial charge on any atom is -0.331 e. The van der Waals surface area contributed by atoms with Crippen LogP contribution >= 0.6 is 0 Å². The highest BCUT2D eigenvalue weighted by Crippen LogP contribution is 2.00. The molecule has 0 aliphatic rings. The van der Waals surface area contributed by atoms with Crippen molar-refractivity contribution in [2.45, 2.75) is 20.0 Å². The van der Waals surface area contributed by atoms with Gasteiger partial charge in [0.1, 0.15) is 0 Å². The standard InChI is InChI=1S/C14H15N.C2H7N/c1-3-7-13(8-4-1)11-15-12-14-9-5-2-6-10-14;1-2-3/h1-10,15H,11-12H2;2-3H2,1H3. The number of benzene rings is 2. The minimum atomic E-state index is 0.750. The fraction of sp³-hybridized carbons (Fsp3) is 0.250. The van der Waals surface area contributed by atoms with E-state index in [4.69, 9.17) is 5.73 Å². The number of hydrogen-bond donors (Lipinski definition) is 2. The Labute approximate surface area is 110 Å². The van der Waals surface area contributed by atoms with E-state index in [-0.39, 0.29) is 0 Å². The van der Waals surface area contributed by atoms with Gasteiger partial charge < -0.3 is 11.1 Å². The van der Waals surface area contributed by atoms with Crippen molar-refractivity contribution < 1.29 is 0 Å². The van der Waals surface area contributed by atoms with Crippen LogP contribution in [-0.2, 0) is 13.1 Å². The first kappa shape index (κ1) is 14.4. The highest BCUT2D eigenvalue weighted by molar-refractivity contribution is 5.16. The second kappa shape index (κ2) is 9.40. The van der Waals surface area contributed by atoms with Gasteiger partial charge in [0.05, 0.1) is 0 Å². The van der Waals surface area contributed by atoms with Crippen LogP contribution in [0, 0.1) is 0 Å². The predicted octanol–water partition coefficient (Wildman–Crippen LogP) is 2.94. The summed E-state index contributed by atoms with van der Waals surface area (Å²) in [4.78, 5) is 0. The van der Waals surface area contributed by atoms with Gasteiger partial charge in [0.25, 0.3) is 0 Å². The zero-order valence-electron chi connectivity index (χ0n) is 11.0. The molecule has 0 atom stereocenters. The summed E-state index contributed by atoms with van der Waals surface area (Å²) in [6.07, 6.45) is 0. The molecule has 18 heavy (non-hydrogen) atoms. The van der Waals surface area contributed by atoms with Crippen molar-refractivity contribution in [2.75, 3.05) is 6.54 Å². The molecular weight excluding hydrogens is 220 g/mol. The molecule has 0 fully saturated rings. The molecule has 0 saturated carbocycles. The van der Waals surface area contributed by atoms with Gasteiger partial charge in [-0.25, -0.2) is 0 Å². The Morgan fingerprint density at radius 3 is 1.44 bits per heavy atom. The molecule has 0 radical (unpaired) electrons. The van der Waals surface area contributed by atoms with E-state index in [0.717, 1.165) is 19.6 Å². The van der Waals surface area contributed by atoms with Crippen molar-refractivity contribution in [1.82, 2.24) is 5.32 Å². The first-order valence-electron chi connectivity index (χ1n) is 6.35. The molecule has 3 N–H and O–H groups in total. The second-order valence-corrected chi connectivity index (χ2v) is 3.98. The summed E-state index contributed by atoms with van der Waals surface area (Å²) < 4.78 is 0. The summed E-state index contributed by atoms with van der Waals surface area (Å²) in [7, 11) is 0. The van der Waals surface area contributed by atoms with Gasteiger partial charge in [-0.15, -0.1) is 0 Å². The lowest BCUT2D eigenvalue weighted by atomic mass is 10.2. The van der Waals surface area contributed by atoms with Gasteiger partial charge in [-0.3, -0.25) is 0 Å². The van der Waals surface area contributed by atoms with E-state index in [1.165, 1.54) is 11.1 Å². The molecule has 96 valence electrons. The van der Waals surface area contributed by atoms with E-state index in [0.29, 0.717) is 0 Å². The summed E-state index contributed by atoms with van der Waals surface area (Å²) in [6, 6.07) is 20.9. The normalized spacial score (nSPS) is 9.44. The van der Waals surface area contributed by atoms with Crippen molar-refractivity contribution in [3.05, 3.63) is 71.8 Å². The molecule has 2 aromatic rings. The highest BCUT2D eigenvalue weighted by Gasteiger charge is 1.92. The van der Waals surface area contributed by atoms with Crippen LogP contribution in [0.4, 0.5) is 0 Å². The van der Waals surface area contributed by atoms with Gasteiger partial charge in [0.2, 0.25) is 0 Å². The molecule has 0 amide bonds. The zero-order chi connectivity index (χ0) is 13.1. The van der Waals surface area contributed by atoms with Crippen LogP contribution < -0.4 is 11.1 Å². The van der Waals surface area contributed by atoms with Gasteiger partial charge >= 0.3 is 0 Å². The van der Waals surface area contributed by atoms with E-state index >= 15 is 0 Å². The van der Waals surface area contributed by atoms with Crippen LogP contribution in [0.15, 0.2) is 60.7 Å². The van der Waals surface area contributed by atoms with Crippen molar-refractivity contribution >= 4 is 0 Å². The van der Waals surface area contributed by atoms with Crippen molar-refractivity contribution in [1.29, 1.82) is 0 Å². The van der Waals surface area contributed by atoms with Crippen LogP contribution in [0.1, 0.15) is 18.1 Å². The SMILES string of the molecule is CCN.c1ccc(CNCc2ccccc2)cc1. The summed E-state index contributed by atoms with van der Waals surface area (Å²) in [5, 5.41) is 3.42. The maximum atomic E-state index is 4.85. The van der Waals surface area contributed by atoms with Crippen LogP contribution in [0.25, 0.3) is 0 Å². The van der Waals surface area contributed by atoms with Gasteiger partial charge in [-0.05, 0) is 17.7 Å². The molecule has 0 aliphatic heterocycles. The summed E-state index contributed by atoms with van der Waals surface area (Å²) >= 11 is 0. The van der Waals surface area contributed by atoms with Gasteiger partial charge in [-0.1, -0.05) is 67.6 Å². The molecule has 0 aromatic heterocycles. The Balaban J connectivity index is 0.000000492. The zero-order valence-corrected chi connectivity index (χ0v) is 11.0. The summed E-state index contributed by atoms with van der Waals surface area (Å²) in [6.45, 7) is 4.51. The van der Waals surface area contributed by atoms with E-state index in [1.807, 2.05) is 19.1 Å². The molecule has 2 rings (SSSR count). The Morgan fingerprint density at radius 2 is 1.11 bits per heavy atom. The van der Waals surface area contributed by atoms with Crippen LogP contribution in [0.3, 0.4) is 0 Å². The van der Waals surface area contributed by atoms with E-state index in [2.05, 4.69) is 53.8 Å². The third kappa shape index (κ3) is 6.18. The van der Waals surface area contributed by atoms with Gasteiger partial charge in [0.15, 0.2) is 0 Å². The smallest absolute Gasteiger partial charge is 0.0208 e. The predicted molar refractivity (Wildman–Crippen MR) is 78.2 cm³/mol. The third-order valence-corrected chi connectivity index (χ3v) is 2.34. The topological polar surface area (TPSA) is 38.0 Å². The van der Waals surface area contributed by atoms with Crippen molar-refractivity contribution in [3.8, 4) is 0 Å². The average Bonchev–Trinajstić information content (AvgIpc) is 2.42. The van der Waals surface area contributed by atoms with E-state index < -0.39 is 0 Å². The van der Waals surface area contributed by atoms with Crippen molar-refractivity contribution in [2.24, 2.45) is 5.73 Å². The summed E-state index contributed by atoms with van der Waals surface area (Å²) in [5.41, 5.74) is 7.50. The summed E-state index contributed by atoms with van der Waals surface area (Å²) in [5.74, 6) is 0. The maximum absolute atomic E-state index is 4.85. The Kier molecular flexibility index (Phi) is 7.53. The molecule has 2 nitrogen and oxygen atoms in total. The van der Waals surface area contributed by atoms with Crippen LogP contribution in [-0.4, -0.2) is 6.54 Å². The first-order valence-corrected chi connectivity index (χ1v) is 6.35. The molecule has 0 aliphatic carbocycles. The van der Waals surface area contributed by atoms with Gasteiger partial charge in [-0.2, -0.15) is 0 Å². The largest absolute Gasteiger partial charge is 0.331 e. The average molecular weight is 242 g/mol. The molecule has 0 spiro atoms. The lowest BCUT2D eigenvalue weighted by Crippen LogP contribution is -2.12. The number of hydrogen-bond acceptors (Lipinski definition) is 2. The highest BCUT2D eigenvalue weighted by atomic mass is 14.8. The molecule has 2 aromatic carbocycles. The molecule has 2 heteroatoms. The fourth-order valence-electron chi connectivity index (χ4n) is 1.54. The molecule has 0 bridgehead atoms. The number of nitrogens with two attached hydrogens (primary N) is 1. The minimum absolute atomic E-state index is 0.750. The van der Waals surface area contributed by atoms with E-state index in [1.54, 1.807) is 0 Å². The number of nitrogens with one attached hydrogen (secondary N) is 1. The van der Waals surface area contributed by atoms with E-state index in [9.17, 15) is 0 Å². The van der Waals surface area contributed by atoms with Crippen LogP contribution in [0.2, 0.25) is 0 Å². The fourth-order valence-corrected chi connectivity index (χ4v) is 1.54. The Bertz CT molecular complexity index is 358. The Morgan fingerprint density at radius 1 is 0.778 bits per heavy atom. The lowest BCUT2D eigenvalue weighted by molar-refractivity contribution is 0.693. The maximum Gasteiger partial charge on any atom is 0.0208 e. The van der Waals surface area contributed by atoms with Crippen LogP contribution in [0.5, 0.6) is 0 Å². The quantitative estimate of drug-likeness (QED) is 0.865. The molecule has 0 heterocycles. The number of rotatable bonds is 4. The molecule has 0 unspecified atom stereocenters. The van der Waals surface area contributed by atoms with Crippen molar-refractivity contribution in [3.63, 3.8) is 0 Å². The lowest BCUT2D eigenvalue weighted by Gasteiger charge is -2.04. The van der Waals surface area contributed by atoms with Gasteiger partial charge in [0, 0.05) is 13.1 Å². The second-order valence-electron chi connectivity index (χ2n) is 3.98. The Hall–Kier alpha value is -1.64. The molecular formula is C16H22N2. The molecule has 0 saturated heterocycles. The first-order chi connectivity index (χ1) is 8.86. The monoisotopic (exact) mass is 242 g/mol. The third-order valence-electron chi connectivity index (χ3n) is 2.34.